The van der Waals surface area contributed by atoms with E-state index in [1.807, 2.05) is 0 Å². The quantitative estimate of drug-likeness (QED) is 0.824. The summed E-state index contributed by atoms with van der Waals surface area (Å²) in [6.45, 7) is 8.17. The SMILES string of the molecule is Cc1ccc(C(c2ccc(C(C)C)cc2)N2CCC(C(=O)O)CC2)cc1. The Morgan fingerprint density at radius 1 is 0.923 bits per heavy atom. The molecule has 138 valence electrons. The summed E-state index contributed by atoms with van der Waals surface area (Å²) in [5.41, 5.74) is 5.17. The summed E-state index contributed by atoms with van der Waals surface area (Å²) in [6.07, 6.45) is 1.45. The van der Waals surface area contributed by atoms with Crippen LogP contribution in [-0.2, 0) is 4.79 Å². The first-order valence-electron chi connectivity index (χ1n) is 9.59. The van der Waals surface area contributed by atoms with E-state index in [9.17, 15) is 9.90 Å². The number of hydrogen-bond acceptors (Lipinski definition) is 2. The lowest BCUT2D eigenvalue weighted by Crippen LogP contribution is -2.39. The molecule has 1 atom stereocenters. The summed E-state index contributed by atoms with van der Waals surface area (Å²) in [5, 5.41) is 9.29. The number of nitrogens with zero attached hydrogens (tertiary/aromatic N) is 1. The van der Waals surface area contributed by atoms with Gasteiger partial charge in [-0.3, -0.25) is 9.69 Å². The molecule has 1 fully saturated rings. The number of carbonyl (C=O) groups is 1. The second-order valence-electron chi connectivity index (χ2n) is 7.78. The molecule has 1 aliphatic heterocycles. The first-order chi connectivity index (χ1) is 12.5. The maximum Gasteiger partial charge on any atom is 0.306 e. The molecule has 2 aromatic carbocycles. The van der Waals surface area contributed by atoms with Crippen LogP contribution < -0.4 is 0 Å². The number of carboxylic acid groups (broad SMARTS) is 1. The van der Waals surface area contributed by atoms with Gasteiger partial charge in [-0.2, -0.15) is 0 Å². The van der Waals surface area contributed by atoms with Crippen molar-refractivity contribution in [3.63, 3.8) is 0 Å². The zero-order valence-electron chi connectivity index (χ0n) is 16.0. The van der Waals surface area contributed by atoms with Crippen molar-refractivity contribution in [2.75, 3.05) is 13.1 Å². The summed E-state index contributed by atoms with van der Waals surface area (Å²) in [7, 11) is 0. The Balaban J connectivity index is 1.89. The molecule has 1 heterocycles. The van der Waals surface area contributed by atoms with Crippen molar-refractivity contribution < 1.29 is 9.90 Å². The van der Waals surface area contributed by atoms with Gasteiger partial charge in [-0.25, -0.2) is 0 Å². The number of aliphatic carboxylic acids is 1. The Labute approximate surface area is 156 Å². The second-order valence-corrected chi connectivity index (χ2v) is 7.78. The Hall–Kier alpha value is -2.13. The molecular formula is C23H29NO2. The van der Waals surface area contributed by atoms with E-state index in [1.165, 1.54) is 22.3 Å². The number of carboxylic acids is 1. The molecule has 1 saturated heterocycles. The van der Waals surface area contributed by atoms with Gasteiger partial charge >= 0.3 is 5.97 Å². The number of piperidine rings is 1. The number of rotatable bonds is 5. The van der Waals surface area contributed by atoms with Crippen molar-refractivity contribution in [3.05, 3.63) is 70.8 Å². The minimum atomic E-state index is -0.655. The molecule has 1 aliphatic rings. The monoisotopic (exact) mass is 351 g/mol. The topological polar surface area (TPSA) is 40.5 Å². The van der Waals surface area contributed by atoms with Gasteiger partial charge in [0.05, 0.1) is 12.0 Å². The van der Waals surface area contributed by atoms with E-state index in [1.54, 1.807) is 0 Å². The number of aryl methyl sites for hydroxylation is 1. The van der Waals surface area contributed by atoms with Gasteiger partial charge in [-0.05, 0) is 55.5 Å². The minimum absolute atomic E-state index is 0.187. The van der Waals surface area contributed by atoms with Crippen LogP contribution in [-0.4, -0.2) is 29.1 Å². The summed E-state index contributed by atoms with van der Waals surface area (Å²) >= 11 is 0. The van der Waals surface area contributed by atoms with Crippen LogP contribution in [0.15, 0.2) is 48.5 Å². The number of likely N-dealkylation sites (tertiary alicyclic amines) is 1. The van der Waals surface area contributed by atoms with E-state index in [0.29, 0.717) is 5.92 Å². The largest absolute Gasteiger partial charge is 0.481 e. The third-order valence-corrected chi connectivity index (χ3v) is 5.56. The van der Waals surface area contributed by atoms with E-state index in [2.05, 4.69) is 74.2 Å². The lowest BCUT2D eigenvalue weighted by molar-refractivity contribution is -0.143. The van der Waals surface area contributed by atoms with Crippen molar-refractivity contribution in [2.24, 2.45) is 5.92 Å². The number of benzene rings is 2. The molecule has 0 aliphatic carbocycles. The van der Waals surface area contributed by atoms with Gasteiger partial charge < -0.3 is 5.11 Å². The van der Waals surface area contributed by atoms with Gasteiger partial charge in [0.15, 0.2) is 0 Å². The molecule has 0 aromatic heterocycles. The average Bonchev–Trinajstić information content (AvgIpc) is 2.64. The lowest BCUT2D eigenvalue weighted by Gasteiger charge is -2.37. The van der Waals surface area contributed by atoms with Crippen LogP contribution in [0.25, 0.3) is 0 Å². The molecule has 0 amide bonds. The standard InChI is InChI=1S/C23H29NO2/c1-16(2)18-8-10-20(11-9-18)22(19-6-4-17(3)5-7-19)24-14-12-21(13-15-24)23(25)26/h4-11,16,21-22H,12-15H2,1-3H3,(H,25,26). The summed E-state index contributed by atoms with van der Waals surface area (Å²) < 4.78 is 0. The summed E-state index contributed by atoms with van der Waals surface area (Å²) in [5.74, 6) is -0.334. The van der Waals surface area contributed by atoms with E-state index in [0.717, 1.165) is 25.9 Å². The average molecular weight is 351 g/mol. The van der Waals surface area contributed by atoms with E-state index in [4.69, 9.17) is 0 Å². The highest BCUT2D eigenvalue weighted by Crippen LogP contribution is 2.33. The third-order valence-electron chi connectivity index (χ3n) is 5.56. The fourth-order valence-electron chi connectivity index (χ4n) is 3.83. The van der Waals surface area contributed by atoms with Crippen molar-refractivity contribution in [1.29, 1.82) is 0 Å². The summed E-state index contributed by atoms with van der Waals surface area (Å²) in [4.78, 5) is 13.7. The highest BCUT2D eigenvalue weighted by atomic mass is 16.4. The van der Waals surface area contributed by atoms with Crippen LogP contribution in [0.4, 0.5) is 0 Å². The van der Waals surface area contributed by atoms with Crippen LogP contribution in [0.3, 0.4) is 0 Å². The Kier molecular flexibility index (Phi) is 5.77. The second kappa shape index (κ2) is 8.05. The van der Waals surface area contributed by atoms with Gasteiger partial charge in [0, 0.05) is 0 Å². The molecule has 3 nitrogen and oxygen atoms in total. The molecule has 0 spiro atoms. The van der Waals surface area contributed by atoms with Crippen LogP contribution in [0.5, 0.6) is 0 Å². The Bertz CT molecular complexity index is 726. The molecular weight excluding hydrogens is 322 g/mol. The van der Waals surface area contributed by atoms with Gasteiger partial charge in [0.25, 0.3) is 0 Å². The maximum absolute atomic E-state index is 11.3. The minimum Gasteiger partial charge on any atom is -0.481 e. The zero-order chi connectivity index (χ0) is 18.7. The predicted octanol–water partition coefficient (Wildman–Crippen LogP) is 5.00. The first kappa shape index (κ1) is 18.7. The van der Waals surface area contributed by atoms with Crippen LogP contribution >= 0.6 is 0 Å². The lowest BCUT2D eigenvalue weighted by atomic mass is 9.90. The van der Waals surface area contributed by atoms with Crippen molar-refractivity contribution in [3.8, 4) is 0 Å². The van der Waals surface area contributed by atoms with Crippen LogP contribution in [0.1, 0.15) is 60.9 Å². The summed E-state index contributed by atoms with van der Waals surface area (Å²) in [6, 6.07) is 17.9. The molecule has 0 radical (unpaired) electrons. The van der Waals surface area contributed by atoms with Crippen LogP contribution in [0.2, 0.25) is 0 Å². The predicted molar refractivity (Wildman–Crippen MR) is 105 cm³/mol. The zero-order valence-corrected chi connectivity index (χ0v) is 16.0. The van der Waals surface area contributed by atoms with E-state index in [-0.39, 0.29) is 12.0 Å². The van der Waals surface area contributed by atoms with E-state index >= 15 is 0 Å². The third kappa shape index (κ3) is 4.16. The van der Waals surface area contributed by atoms with Crippen LogP contribution in [0, 0.1) is 12.8 Å². The molecule has 0 bridgehead atoms. The number of hydrogen-bond donors (Lipinski definition) is 1. The molecule has 1 unspecified atom stereocenters. The normalized spacial score (nSPS) is 17.4. The molecule has 0 saturated carbocycles. The van der Waals surface area contributed by atoms with Gasteiger partial charge in [-0.15, -0.1) is 0 Å². The van der Waals surface area contributed by atoms with Crippen molar-refractivity contribution in [1.82, 2.24) is 4.90 Å². The maximum atomic E-state index is 11.3. The van der Waals surface area contributed by atoms with Gasteiger partial charge in [0.2, 0.25) is 0 Å². The molecule has 3 heteroatoms. The molecule has 26 heavy (non-hydrogen) atoms. The Morgan fingerprint density at radius 2 is 1.38 bits per heavy atom. The molecule has 1 N–H and O–H groups in total. The fourth-order valence-corrected chi connectivity index (χ4v) is 3.83. The van der Waals surface area contributed by atoms with Gasteiger partial charge in [0.1, 0.15) is 0 Å². The highest BCUT2D eigenvalue weighted by Gasteiger charge is 2.30. The van der Waals surface area contributed by atoms with E-state index < -0.39 is 5.97 Å². The smallest absolute Gasteiger partial charge is 0.306 e. The molecule has 3 rings (SSSR count). The van der Waals surface area contributed by atoms with Crippen molar-refractivity contribution in [2.45, 2.75) is 45.6 Å². The Morgan fingerprint density at radius 3 is 1.85 bits per heavy atom. The first-order valence-corrected chi connectivity index (χ1v) is 9.59. The van der Waals surface area contributed by atoms with Crippen molar-refractivity contribution >= 4 is 5.97 Å². The van der Waals surface area contributed by atoms with Gasteiger partial charge in [-0.1, -0.05) is 67.9 Å². The highest BCUT2D eigenvalue weighted by molar-refractivity contribution is 5.70. The molecule has 2 aromatic rings. The fraction of sp³-hybridized carbons (Fsp3) is 0.435.